The number of hydrogen-bond donors (Lipinski definition) is 0. The third-order valence-electron chi connectivity index (χ3n) is 4.89. The van der Waals surface area contributed by atoms with Crippen molar-refractivity contribution < 1.29 is 9.53 Å². The topological polar surface area (TPSA) is 47.4 Å². The van der Waals surface area contributed by atoms with Gasteiger partial charge < -0.3 is 9.64 Å². The molecule has 0 N–H and O–H groups in total. The van der Waals surface area contributed by atoms with Gasteiger partial charge in [0.15, 0.2) is 0 Å². The van der Waals surface area contributed by atoms with Crippen LogP contribution in [0.25, 0.3) is 0 Å². The number of carbonyl (C=O) groups is 1. The molecule has 6 heteroatoms. The van der Waals surface area contributed by atoms with E-state index in [1.165, 1.54) is 16.9 Å². The molecular weight excluding hydrogens is 322 g/mol. The number of carbonyl (C=O) groups excluding carboxylic acids is 1. The standard InChI is InChI=1S/C18H23N3O2S/c1-13-9-19-20(10-13)11-15-4-2-3-6-21(15)18(22)17-8-14-12-23-7-5-16(14)24-17/h8-10,15H,2-7,11-12H2,1H3/t15-/m1/s1. The molecule has 0 unspecified atom stereocenters. The zero-order chi connectivity index (χ0) is 16.5. The lowest BCUT2D eigenvalue weighted by atomic mass is 10.0. The minimum atomic E-state index is 0.183. The van der Waals surface area contributed by atoms with E-state index in [1.54, 1.807) is 11.3 Å². The van der Waals surface area contributed by atoms with Gasteiger partial charge in [-0.2, -0.15) is 5.10 Å². The fourth-order valence-electron chi connectivity index (χ4n) is 3.63. The fourth-order valence-corrected chi connectivity index (χ4v) is 4.74. The first-order valence-electron chi connectivity index (χ1n) is 8.70. The van der Waals surface area contributed by atoms with Crippen molar-refractivity contribution in [2.75, 3.05) is 13.2 Å². The molecule has 0 radical (unpaired) electrons. The van der Waals surface area contributed by atoms with Gasteiger partial charge in [0.25, 0.3) is 5.91 Å². The molecule has 4 rings (SSSR count). The quantitative estimate of drug-likeness (QED) is 0.859. The van der Waals surface area contributed by atoms with E-state index in [9.17, 15) is 4.79 Å². The molecule has 0 saturated carbocycles. The number of aryl methyl sites for hydroxylation is 1. The predicted octanol–water partition coefficient (Wildman–Crippen LogP) is 3.02. The maximum Gasteiger partial charge on any atom is 0.264 e. The summed E-state index contributed by atoms with van der Waals surface area (Å²) < 4.78 is 7.48. The summed E-state index contributed by atoms with van der Waals surface area (Å²) in [6, 6.07) is 2.28. The van der Waals surface area contributed by atoms with Gasteiger partial charge in [-0.3, -0.25) is 9.48 Å². The van der Waals surface area contributed by atoms with E-state index in [0.717, 1.165) is 49.4 Å². The zero-order valence-electron chi connectivity index (χ0n) is 14.0. The van der Waals surface area contributed by atoms with Crippen molar-refractivity contribution in [3.63, 3.8) is 0 Å². The van der Waals surface area contributed by atoms with E-state index in [0.29, 0.717) is 6.61 Å². The molecule has 128 valence electrons. The predicted molar refractivity (Wildman–Crippen MR) is 93.3 cm³/mol. The minimum Gasteiger partial charge on any atom is -0.376 e. The number of aromatic nitrogens is 2. The molecule has 2 aromatic heterocycles. The van der Waals surface area contributed by atoms with Crippen molar-refractivity contribution in [1.82, 2.24) is 14.7 Å². The smallest absolute Gasteiger partial charge is 0.264 e. The van der Waals surface area contributed by atoms with Gasteiger partial charge in [-0.25, -0.2) is 0 Å². The maximum atomic E-state index is 13.1. The lowest BCUT2D eigenvalue weighted by Crippen LogP contribution is -2.45. The molecule has 0 aliphatic carbocycles. The highest BCUT2D eigenvalue weighted by atomic mass is 32.1. The maximum absolute atomic E-state index is 13.1. The number of ether oxygens (including phenoxy) is 1. The van der Waals surface area contributed by atoms with Crippen LogP contribution in [0.15, 0.2) is 18.5 Å². The Kier molecular flexibility index (Phi) is 4.41. The van der Waals surface area contributed by atoms with E-state index in [1.807, 2.05) is 23.9 Å². The molecule has 2 aliphatic rings. The van der Waals surface area contributed by atoms with Crippen molar-refractivity contribution in [2.24, 2.45) is 0 Å². The Labute approximate surface area is 146 Å². The van der Waals surface area contributed by atoms with Crippen LogP contribution in [0.1, 0.15) is 44.9 Å². The highest BCUT2D eigenvalue weighted by Gasteiger charge is 2.29. The van der Waals surface area contributed by atoms with Crippen LogP contribution in [0.3, 0.4) is 0 Å². The molecule has 1 atom stereocenters. The summed E-state index contributed by atoms with van der Waals surface area (Å²) in [4.78, 5) is 17.3. The van der Waals surface area contributed by atoms with E-state index in [2.05, 4.69) is 16.2 Å². The van der Waals surface area contributed by atoms with E-state index >= 15 is 0 Å². The molecule has 24 heavy (non-hydrogen) atoms. The number of thiophene rings is 1. The Hall–Kier alpha value is -1.66. The van der Waals surface area contributed by atoms with E-state index < -0.39 is 0 Å². The molecule has 0 bridgehead atoms. The highest BCUT2D eigenvalue weighted by Crippen LogP contribution is 2.30. The van der Waals surface area contributed by atoms with Gasteiger partial charge in [0, 0.05) is 24.0 Å². The van der Waals surface area contributed by atoms with Crippen LogP contribution >= 0.6 is 11.3 Å². The second-order valence-electron chi connectivity index (χ2n) is 6.75. The first-order valence-corrected chi connectivity index (χ1v) is 9.52. The summed E-state index contributed by atoms with van der Waals surface area (Å²) in [5.74, 6) is 0.183. The molecule has 2 aromatic rings. The number of fused-ring (bicyclic) bond motifs is 1. The molecule has 2 aliphatic heterocycles. The number of amides is 1. The van der Waals surface area contributed by atoms with Crippen LogP contribution in [0, 0.1) is 6.92 Å². The van der Waals surface area contributed by atoms with Crippen LogP contribution < -0.4 is 0 Å². The molecule has 4 heterocycles. The van der Waals surface area contributed by atoms with Gasteiger partial charge in [0.2, 0.25) is 0 Å². The number of rotatable bonds is 3. The summed E-state index contributed by atoms with van der Waals surface area (Å²) in [6.07, 6.45) is 8.20. The van der Waals surface area contributed by atoms with Gasteiger partial charge in [-0.15, -0.1) is 11.3 Å². The second kappa shape index (κ2) is 6.69. The fraction of sp³-hybridized carbons (Fsp3) is 0.556. The minimum absolute atomic E-state index is 0.183. The monoisotopic (exact) mass is 345 g/mol. The zero-order valence-corrected chi connectivity index (χ0v) is 14.8. The summed E-state index contributed by atoms with van der Waals surface area (Å²) in [7, 11) is 0. The third-order valence-corrected chi connectivity index (χ3v) is 6.11. The number of likely N-dealkylation sites (tertiary alicyclic amines) is 1. The van der Waals surface area contributed by atoms with Crippen molar-refractivity contribution in [1.29, 1.82) is 0 Å². The van der Waals surface area contributed by atoms with Crippen LogP contribution in [0.4, 0.5) is 0 Å². The Morgan fingerprint density at radius 1 is 1.46 bits per heavy atom. The van der Waals surface area contributed by atoms with Gasteiger partial charge >= 0.3 is 0 Å². The summed E-state index contributed by atoms with van der Waals surface area (Å²) in [6.45, 7) is 5.10. The van der Waals surface area contributed by atoms with E-state index in [-0.39, 0.29) is 11.9 Å². The average molecular weight is 345 g/mol. The van der Waals surface area contributed by atoms with Crippen LogP contribution in [0.5, 0.6) is 0 Å². The Morgan fingerprint density at radius 2 is 2.38 bits per heavy atom. The Balaban J connectivity index is 1.53. The van der Waals surface area contributed by atoms with Gasteiger partial charge in [0.1, 0.15) is 0 Å². The van der Waals surface area contributed by atoms with Gasteiger partial charge in [0.05, 0.1) is 36.9 Å². The third kappa shape index (κ3) is 3.13. The lowest BCUT2D eigenvalue weighted by molar-refractivity contribution is 0.0588. The van der Waals surface area contributed by atoms with Crippen LogP contribution in [-0.4, -0.2) is 39.8 Å². The first kappa shape index (κ1) is 15.8. The molecule has 1 saturated heterocycles. The van der Waals surface area contributed by atoms with Crippen molar-refractivity contribution in [2.45, 2.75) is 51.8 Å². The molecule has 5 nitrogen and oxygen atoms in total. The normalized spacial score (nSPS) is 20.9. The summed E-state index contributed by atoms with van der Waals surface area (Å²) in [5, 5.41) is 4.39. The summed E-state index contributed by atoms with van der Waals surface area (Å²) in [5.41, 5.74) is 2.36. The molecule has 1 fully saturated rings. The van der Waals surface area contributed by atoms with Crippen LogP contribution in [-0.2, 0) is 24.3 Å². The highest BCUT2D eigenvalue weighted by molar-refractivity contribution is 7.14. The van der Waals surface area contributed by atoms with Gasteiger partial charge in [-0.1, -0.05) is 0 Å². The second-order valence-corrected chi connectivity index (χ2v) is 7.89. The summed E-state index contributed by atoms with van der Waals surface area (Å²) >= 11 is 1.66. The van der Waals surface area contributed by atoms with E-state index in [4.69, 9.17) is 4.74 Å². The number of hydrogen-bond acceptors (Lipinski definition) is 4. The molecule has 0 spiro atoms. The molecular formula is C18H23N3O2S. The lowest BCUT2D eigenvalue weighted by Gasteiger charge is -2.35. The molecule has 0 aromatic carbocycles. The Bertz CT molecular complexity index is 713. The average Bonchev–Trinajstić information content (AvgIpc) is 3.20. The first-order chi connectivity index (χ1) is 11.7. The number of piperidine rings is 1. The van der Waals surface area contributed by atoms with Gasteiger partial charge in [-0.05, 0) is 43.4 Å². The Morgan fingerprint density at radius 3 is 3.17 bits per heavy atom. The van der Waals surface area contributed by atoms with Crippen molar-refractivity contribution in [3.8, 4) is 0 Å². The van der Waals surface area contributed by atoms with Crippen LogP contribution in [0.2, 0.25) is 0 Å². The van der Waals surface area contributed by atoms with Crippen molar-refractivity contribution >= 4 is 17.2 Å². The number of nitrogens with zero attached hydrogens (tertiary/aromatic N) is 3. The molecule has 1 amide bonds. The van der Waals surface area contributed by atoms with Crippen molar-refractivity contribution in [3.05, 3.63) is 39.3 Å². The SMILES string of the molecule is Cc1cnn(C[C@H]2CCCCN2C(=O)c2cc3c(s2)CCOC3)c1. The largest absolute Gasteiger partial charge is 0.376 e.